The Kier molecular flexibility index (Phi) is 4.59. The minimum atomic E-state index is 0.520. The zero-order valence-electron chi connectivity index (χ0n) is 7.08. The van der Waals surface area contributed by atoms with Gasteiger partial charge in [-0.2, -0.15) is 0 Å². The molecule has 12 heavy (non-hydrogen) atoms. The number of rotatable bonds is 5. The van der Waals surface area contributed by atoms with Crippen molar-refractivity contribution in [1.29, 1.82) is 0 Å². The van der Waals surface area contributed by atoms with E-state index in [0.29, 0.717) is 15.0 Å². The number of hydrogen-bond donors (Lipinski definition) is 0. The van der Waals surface area contributed by atoms with Crippen molar-refractivity contribution in [1.82, 2.24) is 0 Å². The van der Waals surface area contributed by atoms with Crippen LogP contribution in [-0.4, -0.2) is 21.2 Å². The van der Waals surface area contributed by atoms with Gasteiger partial charge in [0.15, 0.2) is 0 Å². The SMILES string of the molecule is CCCC[Se]c1ccsc1C=O. The molecule has 0 aliphatic rings. The number of carbonyl (C=O) groups excluding carboxylic acids is 1. The van der Waals surface area contributed by atoms with Gasteiger partial charge in [0.05, 0.1) is 0 Å². The Morgan fingerprint density at radius 2 is 2.50 bits per heavy atom. The summed E-state index contributed by atoms with van der Waals surface area (Å²) in [5.41, 5.74) is 0. The van der Waals surface area contributed by atoms with Gasteiger partial charge in [-0.25, -0.2) is 0 Å². The van der Waals surface area contributed by atoms with E-state index in [9.17, 15) is 4.79 Å². The number of carbonyl (C=O) groups is 1. The standard InChI is InChI=1S/C9H12OSSe/c1-2-3-6-12-9-4-5-11-8(9)7-10/h4-5,7H,2-3,6H2,1H3. The topological polar surface area (TPSA) is 17.1 Å². The van der Waals surface area contributed by atoms with Gasteiger partial charge in [-0.15, -0.1) is 0 Å². The molecule has 1 aromatic rings. The van der Waals surface area contributed by atoms with Crippen LogP contribution in [0, 0.1) is 0 Å². The molecule has 0 N–H and O–H groups in total. The van der Waals surface area contributed by atoms with Gasteiger partial charge >= 0.3 is 83.2 Å². The third-order valence-corrected chi connectivity index (χ3v) is 5.09. The van der Waals surface area contributed by atoms with Crippen molar-refractivity contribution in [3.8, 4) is 0 Å². The molecule has 1 rings (SSSR count). The first-order valence-corrected chi connectivity index (χ1v) is 6.98. The molecule has 0 spiro atoms. The summed E-state index contributed by atoms with van der Waals surface area (Å²) in [6.45, 7) is 2.20. The Hall–Kier alpha value is -0.111. The second-order valence-corrected chi connectivity index (χ2v) is 5.80. The van der Waals surface area contributed by atoms with Crippen molar-refractivity contribution >= 4 is 37.0 Å². The number of thiophene rings is 1. The normalized spacial score (nSPS) is 10.1. The van der Waals surface area contributed by atoms with Gasteiger partial charge in [0, 0.05) is 0 Å². The molecule has 0 bridgehead atoms. The van der Waals surface area contributed by atoms with E-state index in [1.54, 1.807) is 11.3 Å². The van der Waals surface area contributed by atoms with Crippen molar-refractivity contribution in [2.24, 2.45) is 0 Å². The van der Waals surface area contributed by atoms with Gasteiger partial charge in [-0.05, 0) is 0 Å². The van der Waals surface area contributed by atoms with Gasteiger partial charge in [-0.1, -0.05) is 0 Å². The third-order valence-electron chi connectivity index (χ3n) is 1.52. The Labute approximate surface area is 83.3 Å². The fraction of sp³-hybridized carbons (Fsp3) is 0.444. The van der Waals surface area contributed by atoms with Crippen LogP contribution in [-0.2, 0) is 0 Å². The van der Waals surface area contributed by atoms with Crippen LogP contribution in [0.5, 0.6) is 0 Å². The molecule has 0 aromatic carbocycles. The molecule has 66 valence electrons. The van der Waals surface area contributed by atoms with Crippen molar-refractivity contribution in [3.05, 3.63) is 16.3 Å². The molecule has 3 heteroatoms. The molecule has 0 aliphatic heterocycles. The quantitative estimate of drug-likeness (QED) is 0.442. The first kappa shape index (κ1) is 9.97. The molecule has 0 amide bonds. The van der Waals surface area contributed by atoms with Crippen LogP contribution >= 0.6 is 11.3 Å². The monoisotopic (exact) mass is 248 g/mol. The van der Waals surface area contributed by atoms with Crippen LogP contribution in [0.4, 0.5) is 0 Å². The van der Waals surface area contributed by atoms with Gasteiger partial charge < -0.3 is 0 Å². The fourth-order valence-electron chi connectivity index (χ4n) is 0.841. The van der Waals surface area contributed by atoms with Crippen LogP contribution in [0.25, 0.3) is 0 Å². The van der Waals surface area contributed by atoms with E-state index in [1.165, 1.54) is 22.6 Å². The second kappa shape index (κ2) is 5.52. The molecule has 0 fully saturated rings. The molecule has 0 aliphatic carbocycles. The molecule has 0 unspecified atom stereocenters. The first-order valence-electron chi connectivity index (χ1n) is 4.04. The van der Waals surface area contributed by atoms with E-state index in [2.05, 4.69) is 13.0 Å². The van der Waals surface area contributed by atoms with E-state index in [1.807, 2.05) is 5.38 Å². The molecule has 1 nitrogen and oxygen atoms in total. The Bertz CT molecular complexity index is 244. The molecular weight excluding hydrogens is 235 g/mol. The zero-order chi connectivity index (χ0) is 8.81. The molecule has 0 saturated heterocycles. The van der Waals surface area contributed by atoms with E-state index >= 15 is 0 Å². The Morgan fingerprint density at radius 1 is 1.67 bits per heavy atom. The summed E-state index contributed by atoms with van der Waals surface area (Å²) in [5, 5.41) is 3.27. The second-order valence-electron chi connectivity index (χ2n) is 2.47. The average molecular weight is 247 g/mol. The first-order chi connectivity index (χ1) is 5.88. The van der Waals surface area contributed by atoms with E-state index < -0.39 is 0 Å². The van der Waals surface area contributed by atoms with Crippen molar-refractivity contribution in [3.63, 3.8) is 0 Å². The van der Waals surface area contributed by atoms with Crippen LogP contribution in [0.1, 0.15) is 29.4 Å². The summed E-state index contributed by atoms with van der Waals surface area (Å²) in [6.07, 6.45) is 3.52. The molecule has 0 atom stereocenters. The predicted molar refractivity (Wildman–Crippen MR) is 54.8 cm³/mol. The van der Waals surface area contributed by atoms with Crippen molar-refractivity contribution < 1.29 is 4.79 Å². The van der Waals surface area contributed by atoms with Gasteiger partial charge in [-0.3, -0.25) is 0 Å². The third kappa shape index (κ3) is 2.74. The zero-order valence-corrected chi connectivity index (χ0v) is 9.61. The summed E-state index contributed by atoms with van der Waals surface area (Å²) in [6, 6.07) is 2.09. The summed E-state index contributed by atoms with van der Waals surface area (Å²) < 4.78 is 1.29. The average Bonchev–Trinajstić information content (AvgIpc) is 2.52. The molecule has 0 radical (unpaired) electrons. The van der Waals surface area contributed by atoms with Crippen LogP contribution in [0.2, 0.25) is 5.32 Å². The summed E-state index contributed by atoms with van der Waals surface area (Å²) in [4.78, 5) is 11.5. The maximum absolute atomic E-state index is 10.5. The molecule has 1 heterocycles. The Balaban J connectivity index is 2.45. The van der Waals surface area contributed by atoms with Crippen molar-refractivity contribution in [2.45, 2.75) is 25.1 Å². The van der Waals surface area contributed by atoms with Gasteiger partial charge in [0.1, 0.15) is 0 Å². The fourth-order valence-corrected chi connectivity index (χ4v) is 4.35. The predicted octanol–water partition coefficient (Wildman–Crippen LogP) is 2.11. The number of unbranched alkanes of at least 4 members (excludes halogenated alkanes) is 1. The number of aldehydes is 1. The van der Waals surface area contributed by atoms with Crippen LogP contribution < -0.4 is 4.46 Å². The van der Waals surface area contributed by atoms with E-state index in [0.717, 1.165) is 11.2 Å². The molecular formula is C9H12OSSe. The molecule has 0 saturated carbocycles. The van der Waals surface area contributed by atoms with Crippen LogP contribution in [0.3, 0.4) is 0 Å². The Morgan fingerprint density at radius 3 is 3.17 bits per heavy atom. The maximum atomic E-state index is 10.5. The minimum absolute atomic E-state index is 0.520. The molecule has 1 aromatic heterocycles. The summed E-state index contributed by atoms with van der Waals surface area (Å²) in [5.74, 6) is 0. The van der Waals surface area contributed by atoms with Crippen molar-refractivity contribution in [2.75, 3.05) is 0 Å². The number of hydrogen-bond acceptors (Lipinski definition) is 2. The van der Waals surface area contributed by atoms with E-state index in [4.69, 9.17) is 0 Å². The van der Waals surface area contributed by atoms with Crippen LogP contribution in [0.15, 0.2) is 11.4 Å². The van der Waals surface area contributed by atoms with Gasteiger partial charge in [0.2, 0.25) is 0 Å². The van der Waals surface area contributed by atoms with E-state index in [-0.39, 0.29) is 0 Å². The van der Waals surface area contributed by atoms with Gasteiger partial charge in [0.25, 0.3) is 0 Å². The summed E-state index contributed by atoms with van der Waals surface area (Å²) in [7, 11) is 0. The summed E-state index contributed by atoms with van der Waals surface area (Å²) >= 11 is 2.08.